The number of nitro benzene ring substituents is 1. The minimum absolute atomic E-state index is 0.0415. The van der Waals surface area contributed by atoms with Crippen LogP contribution >= 0.6 is 0 Å². The third kappa shape index (κ3) is 3.19. The van der Waals surface area contributed by atoms with E-state index >= 15 is 0 Å². The third-order valence-electron chi connectivity index (χ3n) is 2.98. The molecule has 0 radical (unpaired) electrons. The fourth-order valence-electron chi connectivity index (χ4n) is 2.03. The molecule has 0 aliphatic carbocycles. The normalized spacial score (nSPS) is 18.8. The van der Waals surface area contributed by atoms with Gasteiger partial charge in [-0.2, -0.15) is 0 Å². The summed E-state index contributed by atoms with van der Waals surface area (Å²) in [6.45, 7) is 1.64. The summed E-state index contributed by atoms with van der Waals surface area (Å²) in [4.78, 5) is 21.5. The molecule has 1 aliphatic rings. The summed E-state index contributed by atoms with van der Waals surface area (Å²) >= 11 is 0. The van der Waals surface area contributed by atoms with Crippen LogP contribution in [0.4, 0.5) is 5.69 Å². The molecule has 0 spiro atoms. The van der Waals surface area contributed by atoms with E-state index in [1.807, 2.05) is 0 Å². The minimum Gasteiger partial charge on any atom is -0.488 e. The molecule has 0 saturated carbocycles. The number of ether oxygens (including phenoxy) is 1. The van der Waals surface area contributed by atoms with E-state index in [0.717, 1.165) is 25.5 Å². The Balaban J connectivity index is 2.23. The van der Waals surface area contributed by atoms with Gasteiger partial charge < -0.3 is 15.8 Å². The zero-order valence-corrected chi connectivity index (χ0v) is 10.3. The van der Waals surface area contributed by atoms with E-state index in [4.69, 9.17) is 10.5 Å². The number of nitrogens with one attached hydrogen (secondary N) is 1. The highest BCUT2D eigenvalue weighted by atomic mass is 16.6. The number of carbonyl (C=O) groups excluding carboxylic acids is 1. The molecule has 7 heteroatoms. The van der Waals surface area contributed by atoms with Gasteiger partial charge in [0.2, 0.25) is 0 Å². The number of nitrogens with two attached hydrogens (primary N) is 1. The van der Waals surface area contributed by atoms with Crippen LogP contribution in [-0.4, -0.2) is 30.0 Å². The highest BCUT2D eigenvalue weighted by molar-refractivity contribution is 5.96. The lowest BCUT2D eigenvalue weighted by molar-refractivity contribution is -0.384. The Hall–Kier alpha value is -2.15. The SMILES string of the molecule is NC(=O)c1cc([N+](=O)[O-])ccc1OC1CCCNC1. The van der Waals surface area contributed by atoms with E-state index in [-0.39, 0.29) is 17.4 Å². The Morgan fingerprint density at radius 2 is 2.32 bits per heavy atom. The minimum atomic E-state index is -0.734. The van der Waals surface area contributed by atoms with Crippen molar-refractivity contribution in [2.45, 2.75) is 18.9 Å². The van der Waals surface area contributed by atoms with Crippen molar-refractivity contribution >= 4 is 11.6 Å². The van der Waals surface area contributed by atoms with Gasteiger partial charge in [0.05, 0.1) is 10.5 Å². The summed E-state index contributed by atoms with van der Waals surface area (Å²) in [6.07, 6.45) is 1.82. The Labute approximate surface area is 109 Å². The number of carbonyl (C=O) groups is 1. The molecule has 2 rings (SSSR count). The molecule has 1 atom stereocenters. The molecule has 0 aromatic heterocycles. The molecule has 1 unspecified atom stereocenters. The first-order chi connectivity index (χ1) is 9.08. The Kier molecular flexibility index (Phi) is 3.96. The summed E-state index contributed by atoms with van der Waals surface area (Å²) in [5.74, 6) is -0.436. The molecular weight excluding hydrogens is 250 g/mol. The van der Waals surface area contributed by atoms with Crippen molar-refractivity contribution in [3.8, 4) is 5.75 Å². The molecule has 19 heavy (non-hydrogen) atoms. The van der Waals surface area contributed by atoms with E-state index in [2.05, 4.69) is 5.32 Å². The van der Waals surface area contributed by atoms with E-state index in [1.165, 1.54) is 12.1 Å². The van der Waals surface area contributed by atoms with Crippen LogP contribution in [0.25, 0.3) is 0 Å². The van der Waals surface area contributed by atoms with Gasteiger partial charge in [0.1, 0.15) is 11.9 Å². The molecule has 1 heterocycles. The molecule has 1 fully saturated rings. The van der Waals surface area contributed by atoms with Crippen LogP contribution in [0.1, 0.15) is 23.2 Å². The molecular formula is C12H15N3O4. The highest BCUT2D eigenvalue weighted by Gasteiger charge is 2.20. The molecule has 3 N–H and O–H groups in total. The lowest BCUT2D eigenvalue weighted by Crippen LogP contribution is -2.37. The van der Waals surface area contributed by atoms with Crippen LogP contribution in [0.15, 0.2) is 18.2 Å². The van der Waals surface area contributed by atoms with Gasteiger partial charge in [0.15, 0.2) is 0 Å². The zero-order valence-electron chi connectivity index (χ0n) is 10.3. The average molecular weight is 265 g/mol. The van der Waals surface area contributed by atoms with Gasteiger partial charge >= 0.3 is 0 Å². The predicted octanol–water partition coefficient (Wildman–Crippen LogP) is 0.824. The number of nitrogens with zero attached hydrogens (tertiary/aromatic N) is 1. The van der Waals surface area contributed by atoms with Gasteiger partial charge in [-0.25, -0.2) is 0 Å². The summed E-state index contributed by atoms with van der Waals surface area (Å²) in [7, 11) is 0. The average Bonchev–Trinajstić information content (AvgIpc) is 2.39. The van der Waals surface area contributed by atoms with Crippen LogP contribution in [-0.2, 0) is 0 Å². The van der Waals surface area contributed by atoms with Gasteiger partial charge in [-0.1, -0.05) is 0 Å². The first-order valence-corrected chi connectivity index (χ1v) is 6.03. The number of benzene rings is 1. The topological polar surface area (TPSA) is 107 Å². The van der Waals surface area contributed by atoms with Crippen LogP contribution in [0.2, 0.25) is 0 Å². The van der Waals surface area contributed by atoms with Crippen molar-refractivity contribution in [1.29, 1.82) is 0 Å². The maximum Gasteiger partial charge on any atom is 0.270 e. The molecule has 7 nitrogen and oxygen atoms in total. The molecule has 0 bridgehead atoms. The second-order valence-electron chi connectivity index (χ2n) is 4.39. The lowest BCUT2D eigenvalue weighted by Gasteiger charge is -2.24. The van der Waals surface area contributed by atoms with Gasteiger partial charge in [-0.15, -0.1) is 0 Å². The second-order valence-corrected chi connectivity index (χ2v) is 4.39. The Morgan fingerprint density at radius 1 is 1.53 bits per heavy atom. The smallest absolute Gasteiger partial charge is 0.270 e. The maximum atomic E-state index is 11.3. The van der Waals surface area contributed by atoms with Crippen molar-refractivity contribution < 1.29 is 14.5 Å². The number of amides is 1. The number of rotatable bonds is 4. The highest BCUT2D eigenvalue weighted by Crippen LogP contribution is 2.25. The van der Waals surface area contributed by atoms with Crippen molar-refractivity contribution in [2.24, 2.45) is 5.73 Å². The van der Waals surface area contributed by atoms with E-state index in [9.17, 15) is 14.9 Å². The van der Waals surface area contributed by atoms with Crippen molar-refractivity contribution in [1.82, 2.24) is 5.32 Å². The molecule has 1 aromatic carbocycles. The molecule has 102 valence electrons. The number of hydrogen-bond acceptors (Lipinski definition) is 5. The molecule has 1 amide bonds. The quantitative estimate of drug-likeness (QED) is 0.619. The van der Waals surface area contributed by atoms with Gasteiger partial charge in [0.25, 0.3) is 11.6 Å². The van der Waals surface area contributed by atoms with Gasteiger partial charge in [-0.3, -0.25) is 14.9 Å². The monoisotopic (exact) mass is 265 g/mol. The lowest BCUT2D eigenvalue weighted by atomic mass is 10.1. The number of hydrogen-bond donors (Lipinski definition) is 2. The number of non-ortho nitro benzene ring substituents is 1. The summed E-state index contributed by atoms with van der Waals surface area (Å²) in [5, 5.41) is 13.9. The first kappa shape index (κ1) is 13.3. The van der Waals surface area contributed by atoms with Crippen LogP contribution in [0.3, 0.4) is 0 Å². The van der Waals surface area contributed by atoms with E-state index in [1.54, 1.807) is 0 Å². The molecule has 1 saturated heterocycles. The number of piperidine rings is 1. The summed E-state index contributed by atoms with van der Waals surface area (Å²) < 4.78 is 5.70. The summed E-state index contributed by atoms with van der Waals surface area (Å²) in [5.41, 5.74) is 5.10. The van der Waals surface area contributed by atoms with Crippen LogP contribution < -0.4 is 15.8 Å². The first-order valence-electron chi connectivity index (χ1n) is 6.03. The number of primary amides is 1. The fourth-order valence-corrected chi connectivity index (χ4v) is 2.03. The number of nitro groups is 1. The van der Waals surface area contributed by atoms with E-state index < -0.39 is 10.8 Å². The van der Waals surface area contributed by atoms with Crippen LogP contribution in [0, 0.1) is 10.1 Å². The fraction of sp³-hybridized carbons (Fsp3) is 0.417. The predicted molar refractivity (Wildman–Crippen MR) is 68.1 cm³/mol. The maximum absolute atomic E-state index is 11.3. The van der Waals surface area contributed by atoms with Crippen molar-refractivity contribution in [3.05, 3.63) is 33.9 Å². The van der Waals surface area contributed by atoms with E-state index in [0.29, 0.717) is 12.3 Å². The van der Waals surface area contributed by atoms with Gasteiger partial charge in [-0.05, 0) is 25.5 Å². The van der Waals surface area contributed by atoms with Crippen molar-refractivity contribution in [3.63, 3.8) is 0 Å². The van der Waals surface area contributed by atoms with Gasteiger partial charge in [0, 0.05) is 18.7 Å². The second kappa shape index (κ2) is 5.66. The Bertz CT molecular complexity index is 498. The zero-order chi connectivity index (χ0) is 13.8. The van der Waals surface area contributed by atoms with Crippen molar-refractivity contribution in [2.75, 3.05) is 13.1 Å². The standard InChI is InChI=1S/C12H15N3O4/c13-12(16)10-6-8(15(17)18)3-4-11(10)19-9-2-1-5-14-7-9/h3-4,6,9,14H,1-2,5,7H2,(H2,13,16). The third-order valence-corrected chi connectivity index (χ3v) is 2.98. The van der Waals surface area contributed by atoms with Crippen LogP contribution in [0.5, 0.6) is 5.75 Å². The largest absolute Gasteiger partial charge is 0.488 e. The summed E-state index contributed by atoms with van der Waals surface area (Å²) in [6, 6.07) is 3.87. The molecule has 1 aliphatic heterocycles. The Morgan fingerprint density at radius 3 is 2.89 bits per heavy atom. The molecule has 1 aromatic rings.